The predicted octanol–water partition coefficient (Wildman–Crippen LogP) is 4.70. The van der Waals surface area contributed by atoms with E-state index in [1.807, 2.05) is 25.1 Å². The van der Waals surface area contributed by atoms with E-state index in [2.05, 4.69) is 22.9 Å². The van der Waals surface area contributed by atoms with Gasteiger partial charge >= 0.3 is 0 Å². The summed E-state index contributed by atoms with van der Waals surface area (Å²) in [5.74, 6) is 0.850. The molecule has 0 spiro atoms. The van der Waals surface area contributed by atoms with Gasteiger partial charge in [0.25, 0.3) is 0 Å². The highest BCUT2D eigenvalue weighted by atomic mass is 79.9. The lowest BCUT2D eigenvalue weighted by atomic mass is 9.93. The Morgan fingerprint density at radius 2 is 2.33 bits per heavy atom. The molecule has 1 saturated heterocycles. The lowest BCUT2D eigenvalue weighted by Gasteiger charge is -2.29. The van der Waals surface area contributed by atoms with Gasteiger partial charge in [0, 0.05) is 6.61 Å². The SMILES string of the molecule is CCOc1ccc(C(Cl)C2(C)CCCO2)cc1Br. The van der Waals surface area contributed by atoms with E-state index in [1.165, 1.54) is 0 Å². The third-order valence-corrected chi connectivity index (χ3v) is 4.67. The van der Waals surface area contributed by atoms with Crippen LogP contribution in [-0.4, -0.2) is 18.8 Å². The Morgan fingerprint density at radius 1 is 1.56 bits per heavy atom. The first kappa shape index (κ1) is 14.2. The fourth-order valence-corrected chi connectivity index (χ4v) is 3.12. The molecule has 1 fully saturated rings. The molecule has 2 unspecified atom stereocenters. The number of hydrogen-bond acceptors (Lipinski definition) is 2. The average Bonchev–Trinajstić information content (AvgIpc) is 2.79. The van der Waals surface area contributed by atoms with Crippen molar-refractivity contribution in [2.24, 2.45) is 0 Å². The maximum atomic E-state index is 6.57. The van der Waals surface area contributed by atoms with Crippen LogP contribution in [0.15, 0.2) is 22.7 Å². The second-order valence-electron chi connectivity index (χ2n) is 4.75. The monoisotopic (exact) mass is 332 g/mol. The minimum Gasteiger partial charge on any atom is -0.493 e. The lowest BCUT2D eigenvalue weighted by Crippen LogP contribution is -2.28. The standard InChI is InChI=1S/C14H18BrClO2/c1-3-17-12-6-5-10(9-11(12)15)13(16)14(2)7-4-8-18-14/h5-6,9,13H,3-4,7-8H2,1-2H3. The van der Waals surface area contributed by atoms with Crippen molar-refractivity contribution in [3.63, 3.8) is 0 Å². The van der Waals surface area contributed by atoms with Crippen LogP contribution < -0.4 is 4.74 Å². The van der Waals surface area contributed by atoms with Gasteiger partial charge in [-0.1, -0.05) is 6.07 Å². The van der Waals surface area contributed by atoms with Crippen molar-refractivity contribution in [1.82, 2.24) is 0 Å². The molecule has 100 valence electrons. The van der Waals surface area contributed by atoms with Crippen molar-refractivity contribution < 1.29 is 9.47 Å². The van der Waals surface area contributed by atoms with Crippen LogP contribution in [0.1, 0.15) is 37.6 Å². The summed E-state index contributed by atoms with van der Waals surface area (Å²) >= 11 is 10.1. The molecule has 2 atom stereocenters. The molecule has 0 bridgehead atoms. The highest BCUT2D eigenvalue weighted by Crippen LogP contribution is 2.43. The van der Waals surface area contributed by atoms with Crippen LogP contribution in [-0.2, 0) is 4.74 Å². The maximum Gasteiger partial charge on any atom is 0.133 e. The van der Waals surface area contributed by atoms with E-state index in [1.54, 1.807) is 0 Å². The summed E-state index contributed by atoms with van der Waals surface area (Å²) < 4.78 is 12.2. The van der Waals surface area contributed by atoms with Crippen LogP contribution in [0, 0.1) is 0 Å². The molecule has 0 amide bonds. The molecule has 1 aromatic carbocycles. The molecule has 0 radical (unpaired) electrons. The van der Waals surface area contributed by atoms with E-state index < -0.39 is 0 Å². The first-order chi connectivity index (χ1) is 8.57. The van der Waals surface area contributed by atoms with Gasteiger partial charge in [-0.05, 0) is 60.3 Å². The topological polar surface area (TPSA) is 18.5 Å². The van der Waals surface area contributed by atoms with Gasteiger partial charge in [-0.15, -0.1) is 11.6 Å². The van der Waals surface area contributed by atoms with E-state index in [0.29, 0.717) is 6.61 Å². The van der Waals surface area contributed by atoms with E-state index >= 15 is 0 Å². The molecular weight excluding hydrogens is 316 g/mol. The molecule has 1 aromatic rings. The molecule has 1 heterocycles. The van der Waals surface area contributed by atoms with Crippen molar-refractivity contribution in [2.45, 2.75) is 37.7 Å². The van der Waals surface area contributed by atoms with Crippen LogP contribution >= 0.6 is 27.5 Å². The lowest BCUT2D eigenvalue weighted by molar-refractivity contribution is 0.0164. The summed E-state index contributed by atoms with van der Waals surface area (Å²) in [4.78, 5) is 0. The minimum absolute atomic E-state index is 0.132. The Kier molecular flexibility index (Phi) is 4.57. The fraction of sp³-hybridized carbons (Fsp3) is 0.571. The molecular formula is C14H18BrClO2. The smallest absolute Gasteiger partial charge is 0.133 e. The second kappa shape index (κ2) is 5.81. The van der Waals surface area contributed by atoms with Gasteiger partial charge in [0.15, 0.2) is 0 Å². The van der Waals surface area contributed by atoms with Gasteiger partial charge in [-0.2, -0.15) is 0 Å². The first-order valence-electron chi connectivity index (χ1n) is 6.27. The molecule has 2 nitrogen and oxygen atoms in total. The number of rotatable bonds is 4. The molecule has 1 aliphatic rings. The van der Waals surface area contributed by atoms with E-state index in [0.717, 1.165) is 35.2 Å². The van der Waals surface area contributed by atoms with Gasteiger partial charge in [-0.25, -0.2) is 0 Å². The highest BCUT2D eigenvalue weighted by molar-refractivity contribution is 9.10. The summed E-state index contributed by atoms with van der Waals surface area (Å²) in [5.41, 5.74) is 0.810. The average molecular weight is 334 g/mol. The van der Waals surface area contributed by atoms with Gasteiger partial charge in [0.05, 0.1) is 22.1 Å². The molecule has 2 rings (SSSR count). The van der Waals surface area contributed by atoms with Crippen molar-refractivity contribution in [3.8, 4) is 5.75 Å². The second-order valence-corrected chi connectivity index (χ2v) is 6.04. The molecule has 0 saturated carbocycles. The first-order valence-corrected chi connectivity index (χ1v) is 7.50. The fourth-order valence-electron chi connectivity index (χ4n) is 2.30. The van der Waals surface area contributed by atoms with Crippen LogP contribution in [0.5, 0.6) is 5.75 Å². The molecule has 1 aliphatic heterocycles. The summed E-state index contributed by atoms with van der Waals surface area (Å²) in [6, 6.07) is 5.99. The summed E-state index contributed by atoms with van der Waals surface area (Å²) in [6.07, 6.45) is 2.09. The van der Waals surface area contributed by atoms with Crippen molar-refractivity contribution in [2.75, 3.05) is 13.2 Å². The van der Waals surface area contributed by atoms with Crippen LogP contribution in [0.25, 0.3) is 0 Å². The minimum atomic E-state index is -0.256. The van der Waals surface area contributed by atoms with Crippen LogP contribution in [0.3, 0.4) is 0 Å². The predicted molar refractivity (Wildman–Crippen MR) is 77.5 cm³/mol. The molecule has 0 aromatic heterocycles. The zero-order valence-electron chi connectivity index (χ0n) is 10.7. The van der Waals surface area contributed by atoms with E-state index in [4.69, 9.17) is 21.1 Å². The summed E-state index contributed by atoms with van der Waals surface area (Å²) in [7, 11) is 0. The maximum absolute atomic E-state index is 6.57. The number of hydrogen-bond donors (Lipinski definition) is 0. The van der Waals surface area contributed by atoms with Crippen LogP contribution in [0.2, 0.25) is 0 Å². The van der Waals surface area contributed by atoms with Gasteiger partial charge in [0.1, 0.15) is 5.75 Å². The zero-order valence-corrected chi connectivity index (χ0v) is 13.1. The summed E-state index contributed by atoms with van der Waals surface area (Å²) in [6.45, 7) is 5.52. The van der Waals surface area contributed by atoms with Crippen molar-refractivity contribution >= 4 is 27.5 Å². The molecule has 4 heteroatoms. The quantitative estimate of drug-likeness (QED) is 0.744. The normalized spacial score (nSPS) is 25.1. The van der Waals surface area contributed by atoms with Gasteiger partial charge < -0.3 is 9.47 Å². The molecule has 18 heavy (non-hydrogen) atoms. The van der Waals surface area contributed by atoms with Crippen LogP contribution in [0.4, 0.5) is 0 Å². The Bertz CT molecular complexity index is 416. The van der Waals surface area contributed by atoms with Gasteiger partial charge in [-0.3, -0.25) is 0 Å². The third kappa shape index (κ3) is 2.84. The zero-order chi connectivity index (χ0) is 13.2. The van der Waals surface area contributed by atoms with E-state index in [9.17, 15) is 0 Å². The Morgan fingerprint density at radius 3 is 2.89 bits per heavy atom. The largest absolute Gasteiger partial charge is 0.493 e. The highest BCUT2D eigenvalue weighted by Gasteiger charge is 2.38. The number of alkyl halides is 1. The Balaban J connectivity index is 2.20. The third-order valence-electron chi connectivity index (χ3n) is 3.33. The number of benzene rings is 1. The van der Waals surface area contributed by atoms with Crippen molar-refractivity contribution in [1.29, 1.82) is 0 Å². The van der Waals surface area contributed by atoms with E-state index in [-0.39, 0.29) is 11.0 Å². The van der Waals surface area contributed by atoms with Crippen molar-refractivity contribution in [3.05, 3.63) is 28.2 Å². The molecule has 0 aliphatic carbocycles. The number of ether oxygens (including phenoxy) is 2. The Labute approximate surface area is 122 Å². The Hall–Kier alpha value is -0.250. The van der Waals surface area contributed by atoms with Gasteiger partial charge in [0.2, 0.25) is 0 Å². The molecule has 0 N–H and O–H groups in total. The number of halogens is 2. The summed E-state index contributed by atoms with van der Waals surface area (Å²) in [5, 5.41) is -0.132.